The van der Waals surface area contributed by atoms with Gasteiger partial charge in [0.05, 0.1) is 19.3 Å². The fourth-order valence-electron chi connectivity index (χ4n) is 3.10. The predicted octanol–water partition coefficient (Wildman–Crippen LogP) is 3.10. The number of guanidine groups is 1. The predicted molar refractivity (Wildman–Crippen MR) is 101 cm³/mol. The average molecular weight is 404 g/mol. The van der Waals surface area contributed by atoms with Gasteiger partial charge in [0.25, 0.3) is 0 Å². The number of rotatable bonds is 8. The third kappa shape index (κ3) is 8.02. The fourth-order valence-corrected chi connectivity index (χ4v) is 3.10. The summed E-state index contributed by atoms with van der Waals surface area (Å²) in [5, 5.41) is 6.27. The molecule has 1 fully saturated rings. The minimum atomic E-state index is -4.11. The molecule has 0 bridgehead atoms. The number of hydrogen-bond donors (Lipinski definition) is 2. The SMILES string of the molecule is CN=C(NCCCCC(F)(F)F)NCC(c1ccc(F)cc1)N1CCOCC1. The van der Waals surface area contributed by atoms with Gasteiger partial charge in [0.1, 0.15) is 5.82 Å². The number of hydrogen-bond acceptors (Lipinski definition) is 3. The lowest BCUT2D eigenvalue weighted by atomic mass is 10.0. The molecule has 1 aromatic carbocycles. The second-order valence-electron chi connectivity index (χ2n) is 6.67. The summed E-state index contributed by atoms with van der Waals surface area (Å²) in [5.74, 6) is 0.251. The molecule has 1 atom stereocenters. The fraction of sp³-hybridized carbons (Fsp3) is 0.632. The first kappa shape index (κ1) is 22.4. The molecule has 1 aliphatic heterocycles. The summed E-state index contributed by atoms with van der Waals surface area (Å²) in [7, 11) is 1.62. The maximum Gasteiger partial charge on any atom is 0.389 e. The molecule has 0 saturated carbocycles. The highest BCUT2D eigenvalue weighted by Crippen LogP contribution is 2.22. The minimum Gasteiger partial charge on any atom is -0.379 e. The van der Waals surface area contributed by atoms with Crippen LogP contribution < -0.4 is 10.6 Å². The van der Waals surface area contributed by atoms with Gasteiger partial charge in [0.2, 0.25) is 0 Å². The second kappa shape index (κ2) is 11.2. The molecule has 1 heterocycles. The highest BCUT2D eigenvalue weighted by Gasteiger charge is 2.26. The van der Waals surface area contributed by atoms with E-state index in [-0.39, 0.29) is 18.3 Å². The van der Waals surface area contributed by atoms with Crippen LogP contribution in [0, 0.1) is 5.82 Å². The topological polar surface area (TPSA) is 48.9 Å². The molecule has 0 amide bonds. The molecule has 1 aromatic rings. The molecule has 9 heteroatoms. The third-order valence-corrected chi connectivity index (χ3v) is 4.61. The highest BCUT2D eigenvalue weighted by molar-refractivity contribution is 5.79. The maximum absolute atomic E-state index is 13.3. The van der Waals surface area contributed by atoms with Gasteiger partial charge in [0, 0.05) is 39.6 Å². The van der Waals surface area contributed by atoms with Crippen molar-refractivity contribution in [1.82, 2.24) is 15.5 Å². The zero-order valence-corrected chi connectivity index (χ0v) is 16.1. The zero-order chi connectivity index (χ0) is 20.4. The van der Waals surface area contributed by atoms with Gasteiger partial charge in [-0.15, -0.1) is 0 Å². The largest absolute Gasteiger partial charge is 0.389 e. The van der Waals surface area contributed by atoms with Crippen LogP contribution in [0.25, 0.3) is 0 Å². The Kier molecular flexibility index (Phi) is 8.98. The van der Waals surface area contributed by atoms with Gasteiger partial charge in [-0.25, -0.2) is 4.39 Å². The number of benzene rings is 1. The summed E-state index contributed by atoms with van der Waals surface area (Å²) in [6.07, 6.45) is -4.39. The number of alkyl halides is 3. The van der Waals surface area contributed by atoms with Crippen molar-refractivity contribution in [1.29, 1.82) is 0 Å². The summed E-state index contributed by atoms with van der Waals surface area (Å²) in [6.45, 7) is 3.77. The molecular formula is C19H28F4N4O. The van der Waals surface area contributed by atoms with Crippen molar-refractivity contribution >= 4 is 5.96 Å². The number of aliphatic imine (C=N–C) groups is 1. The van der Waals surface area contributed by atoms with Crippen LogP contribution in [0.2, 0.25) is 0 Å². The Bertz CT molecular complexity index is 601. The quantitative estimate of drug-likeness (QED) is 0.303. The number of morpholine rings is 1. The Hall–Kier alpha value is -1.87. The van der Waals surface area contributed by atoms with Crippen LogP contribution >= 0.6 is 0 Å². The van der Waals surface area contributed by atoms with Crippen LogP contribution in [-0.4, -0.2) is 63.5 Å². The number of ether oxygens (including phenoxy) is 1. The van der Waals surface area contributed by atoms with Gasteiger partial charge in [-0.2, -0.15) is 13.2 Å². The molecule has 0 aliphatic carbocycles. The van der Waals surface area contributed by atoms with Crippen molar-refractivity contribution in [3.05, 3.63) is 35.6 Å². The lowest BCUT2D eigenvalue weighted by Crippen LogP contribution is -2.46. The van der Waals surface area contributed by atoms with Crippen molar-refractivity contribution in [3.8, 4) is 0 Å². The van der Waals surface area contributed by atoms with Gasteiger partial charge in [-0.3, -0.25) is 9.89 Å². The summed E-state index contributed by atoms with van der Waals surface area (Å²) in [4.78, 5) is 6.39. The average Bonchev–Trinajstić information content (AvgIpc) is 2.67. The van der Waals surface area contributed by atoms with Crippen LogP contribution in [0.15, 0.2) is 29.3 Å². The normalized spacial score (nSPS) is 17.4. The van der Waals surface area contributed by atoms with E-state index in [0.717, 1.165) is 18.7 Å². The molecule has 5 nitrogen and oxygen atoms in total. The van der Waals surface area contributed by atoms with Gasteiger partial charge < -0.3 is 15.4 Å². The molecule has 1 unspecified atom stereocenters. The van der Waals surface area contributed by atoms with Crippen molar-refractivity contribution in [2.45, 2.75) is 31.5 Å². The molecule has 2 rings (SSSR count). The first-order chi connectivity index (χ1) is 13.4. The number of nitrogens with one attached hydrogen (secondary N) is 2. The number of unbranched alkanes of at least 4 members (excludes halogenated alkanes) is 1. The van der Waals surface area contributed by atoms with Crippen molar-refractivity contribution in [2.75, 3.05) is 46.4 Å². The van der Waals surface area contributed by atoms with E-state index >= 15 is 0 Å². The van der Waals surface area contributed by atoms with Crippen LogP contribution in [0.1, 0.15) is 30.9 Å². The molecule has 158 valence electrons. The zero-order valence-electron chi connectivity index (χ0n) is 16.1. The number of halogens is 4. The van der Waals surface area contributed by atoms with E-state index in [1.165, 1.54) is 12.1 Å². The van der Waals surface area contributed by atoms with Crippen molar-refractivity contribution in [2.24, 2.45) is 4.99 Å². The van der Waals surface area contributed by atoms with Crippen molar-refractivity contribution < 1.29 is 22.3 Å². The van der Waals surface area contributed by atoms with Crippen LogP contribution in [0.5, 0.6) is 0 Å². The summed E-state index contributed by atoms with van der Waals surface area (Å²) in [6, 6.07) is 6.43. The van der Waals surface area contributed by atoms with E-state index in [1.807, 2.05) is 0 Å². The van der Waals surface area contributed by atoms with E-state index < -0.39 is 12.6 Å². The van der Waals surface area contributed by atoms with E-state index in [2.05, 4.69) is 20.5 Å². The molecule has 2 N–H and O–H groups in total. The van der Waals surface area contributed by atoms with E-state index in [4.69, 9.17) is 4.74 Å². The van der Waals surface area contributed by atoms with Crippen molar-refractivity contribution in [3.63, 3.8) is 0 Å². The van der Waals surface area contributed by atoms with E-state index in [9.17, 15) is 17.6 Å². The molecule has 28 heavy (non-hydrogen) atoms. The number of nitrogens with zero attached hydrogens (tertiary/aromatic N) is 2. The van der Waals surface area contributed by atoms with Gasteiger partial charge >= 0.3 is 6.18 Å². The first-order valence-corrected chi connectivity index (χ1v) is 9.47. The standard InChI is InChI=1S/C19H28F4N4O/c1-24-18(25-9-3-2-8-19(21,22)23)26-14-17(27-10-12-28-13-11-27)15-4-6-16(20)7-5-15/h4-7,17H,2-3,8-14H2,1H3,(H2,24,25,26). The maximum atomic E-state index is 13.3. The lowest BCUT2D eigenvalue weighted by Gasteiger charge is -2.35. The smallest absolute Gasteiger partial charge is 0.379 e. The van der Waals surface area contributed by atoms with Gasteiger partial charge in [0.15, 0.2) is 5.96 Å². The van der Waals surface area contributed by atoms with E-state index in [1.54, 1.807) is 19.2 Å². The Balaban J connectivity index is 1.87. The lowest BCUT2D eigenvalue weighted by molar-refractivity contribution is -0.135. The summed E-state index contributed by atoms with van der Waals surface area (Å²) >= 11 is 0. The van der Waals surface area contributed by atoms with Crippen LogP contribution in [0.4, 0.5) is 17.6 Å². The summed E-state index contributed by atoms with van der Waals surface area (Å²) in [5.41, 5.74) is 0.983. The monoisotopic (exact) mass is 404 g/mol. The highest BCUT2D eigenvalue weighted by atomic mass is 19.4. The minimum absolute atomic E-state index is 0.00767. The second-order valence-corrected chi connectivity index (χ2v) is 6.67. The molecule has 0 radical (unpaired) electrons. The van der Waals surface area contributed by atoms with Crippen LogP contribution in [-0.2, 0) is 4.74 Å². The third-order valence-electron chi connectivity index (χ3n) is 4.61. The Morgan fingerprint density at radius 3 is 2.43 bits per heavy atom. The van der Waals surface area contributed by atoms with Crippen LogP contribution in [0.3, 0.4) is 0 Å². The Morgan fingerprint density at radius 2 is 1.82 bits per heavy atom. The first-order valence-electron chi connectivity index (χ1n) is 9.47. The summed E-state index contributed by atoms with van der Waals surface area (Å²) < 4.78 is 55.3. The molecule has 0 spiro atoms. The molecule has 0 aromatic heterocycles. The Morgan fingerprint density at radius 1 is 1.14 bits per heavy atom. The molecular weight excluding hydrogens is 376 g/mol. The molecule has 1 aliphatic rings. The Labute approximate surface area is 163 Å². The molecule has 1 saturated heterocycles. The van der Waals surface area contributed by atoms with Gasteiger partial charge in [-0.05, 0) is 30.5 Å². The van der Waals surface area contributed by atoms with Gasteiger partial charge in [-0.1, -0.05) is 12.1 Å². The van der Waals surface area contributed by atoms with E-state index in [0.29, 0.717) is 38.7 Å².